The molecule has 1 aliphatic rings. The maximum absolute atomic E-state index is 11.0. The first kappa shape index (κ1) is 8.95. The van der Waals surface area contributed by atoms with Crippen LogP contribution in [0.25, 0.3) is 0 Å². The second-order valence-corrected chi connectivity index (χ2v) is 3.63. The number of aromatic nitrogens is 3. The van der Waals surface area contributed by atoms with E-state index in [2.05, 4.69) is 16.2 Å². The Morgan fingerprint density at radius 2 is 2.43 bits per heavy atom. The van der Waals surface area contributed by atoms with Gasteiger partial charge < -0.3 is 0 Å². The molecular formula is C10H11N3O. The number of terminal acetylenes is 1. The maximum atomic E-state index is 11.0. The summed E-state index contributed by atoms with van der Waals surface area (Å²) < 4.78 is 1.74. The van der Waals surface area contributed by atoms with E-state index in [1.807, 2.05) is 0 Å². The number of ketones is 1. The highest BCUT2D eigenvalue weighted by Gasteiger charge is 2.30. The van der Waals surface area contributed by atoms with Gasteiger partial charge in [0.2, 0.25) is 0 Å². The number of Topliss-reactive ketones (excluding diaryl/α,β-unsaturated/α-hetero) is 1. The average molecular weight is 189 g/mol. The quantitative estimate of drug-likeness (QED) is 0.516. The van der Waals surface area contributed by atoms with Crippen molar-refractivity contribution in [3.63, 3.8) is 0 Å². The van der Waals surface area contributed by atoms with Gasteiger partial charge in [-0.15, -0.1) is 17.4 Å². The topological polar surface area (TPSA) is 47.8 Å². The van der Waals surface area contributed by atoms with Gasteiger partial charge in [0.05, 0.1) is 12.2 Å². The van der Waals surface area contributed by atoms with Crippen LogP contribution in [0.15, 0.2) is 6.20 Å². The molecule has 1 aliphatic carbocycles. The van der Waals surface area contributed by atoms with Crippen LogP contribution in [0, 0.1) is 18.3 Å². The van der Waals surface area contributed by atoms with Crippen LogP contribution < -0.4 is 0 Å². The van der Waals surface area contributed by atoms with Crippen LogP contribution >= 0.6 is 0 Å². The van der Waals surface area contributed by atoms with Crippen molar-refractivity contribution in [3.8, 4) is 12.3 Å². The van der Waals surface area contributed by atoms with Gasteiger partial charge in [-0.2, -0.15) is 0 Å². The fourth-order valence-corrected chi connectivity index (χ4v) is 1.56. The smallest absolute Gasteiger partial charge is 0.181 e. The van der Waals surface area contributed by atoms with E-state index in [1.165, 1.54) is 6.92 Å². The third kappa shape index (κ3) is 1.41. The lowest BCUT2D eigenvalue weighted by atomic mass is 9.81. The normalized spacial score (nSPS) is 25.1. The van der Waals surface area contributed by atoms with Gasteiger partial charge in [-0.25, -0.2) is 4.68 Å². The van der Waals surface area contributed by atoms with Crippen molar-refractivity contribution >= 4 is 5.78 Å². The van der Waals surface area contributed by atoms with E-state index < -0.39 is 0 Å². The molecule has 0 aliphatic heterocycles. The summed E-state index contributed by atoms with van der Waals surface area (Å²) in [6.45, 7) is 1.49. The van der Waals surface area contributed by atoms with Crippen molar-refractivity contribution in [2.45, 2.75) is 25.8 Å². The second kappa shape index (κ2) is 3.26. The monoisotopic (exact) mass is 189 g/mol. The molecule has 1 fully saturated rings. The van der Waals surface area contributed by atoms with Crippen LogP contribution in [0.4, 0.5) is 0 Å². The molecule has 0 unspecified atom stereocenters. The van der Waals surface area contributed by atoms with Crippen molar-refractivity contribution in [3.05, 3.63) is 11.9 Å². The Morgan fingerprint density at radius 3 is 2.93 bits per heavy atom. The fourth-order valence-electron chi connectivity index (χ4n) is 1.56. The molecule has 0 spiro atoms. The SMILES string of the molecule is C#CC1CC(n2cc(C(C)=O)nn2)C1. The van der Waals surface area contributed by atoms with Crippen LogP contribution in [0.5, 0.6) is 0 Å². The molecule has 1 saturated carbocycles. The number of nitrogens with zero attached hydrogens (tertiary/aromatic N) is 3. The minimum absolute atomic E-state index is 0.0518. The highest BCUT2D eigenvalue weighted by atomic mass is 16.1. The molecule has 0 amide bonds. The predicted octanol–water partition coefficient (Wildman–Crippen LogP) is 1.06. The van der Waals surface area contributed by atoms with Crippen LogP contribution in [-0.2, 0) is 0 Å². The molecular weight excluding hydrogens is 178 g/mol. The molecule has 72 valence electrons. The molecule has 0 atom stereocenters. The number of hydrogen-bond acceptors (Lipinski definition) is 3. The van der Waals surface area contributed by atoms with Gasteiger partial charge >= 0.3 is 0 Å². The highest BCUT2D eigenvalue weighted by molar-refractivity contribution is 5.91. The lowest BCUT2D eigenvalue weighted by Crippen LogP contribution is -2.26. The minimum Gasteiger partial charge on any atom is -0.293 e. The minimum atomic E-state index is -0.0518. The molecule has 0 radical (unpaired) electrons. The zero-order valence-electron chi connectivity index (χ0n) is 7.97. The molecule has 0 bridgehead atoms. The summed E-state index contributed by atoms with van der Waals surface area (Å²) in [5.74, 6) is 3.02. The average Bonchev–Trinajstić information content (AvgIpc) is 2.51. The first-order chi connectivity index (χ1) is 6.70. The number of carbonyl (C=O) groups is 1. The number of hydrogen-bond donors (Lipinski definition) is 0. The fraction of sp³-hybridized carbons (Fsp3) is 0.500. The molecule has 0 saturated heterocycles. The molecule has 2 rings (SSSR count). The van der Waals surface area contributed by atoms with Gasteiger partial charge in [0.1, 0.15) is 5.69 Å². The Hall–Kier alpha value is -1.63. The van der Waals surface area contributed by atoms with E-state index in [4.69, 9.17) is 6.42 Å². The molecule has 4 nitrogen and oxygen atoms in total. The van der Waals surface area contributed by atoms with Crippen molar-refractivity contribution in [1.82, 2.24) is 15.0 Å². The van der Waals surface area contributed by atoms with E-state index in [0.29, 0.717) is 17.7 Å². The van der Waals surface area contributed by atoms with Gasteiger partial charge in [0.15, 0.2) is 5.78 Å². The zero-order valence-corrected chi connectivity index (χ0v) is 7.97. The van der Waals surface area contributed by atoms with Gasteiger partial charge in [-0.3, -0.25) is 4.79 Å². The predicted molar refractivity (Wildman–Crippen MR) is 50.6 cm³/mol. The summed E-state index contributed by atoms with van der Waals surface area (Å²) in [4.78, 5) is 11.0. The van der Waals surface area contributed by atoms with Crippen LogP contribution in [0.2, 0.25) is 0 Å². The zero-order chi connectivity index (χ0) is 10.1. The number of carbonyl (C=O) groups excluding carboxylic acids is 1. The van der Waals surface area contributed by atoms with Gasteiger partial charge in [0.25, 0.3) is 0 Å². The second-order valence-electron chi connectivity index (χ2n) is 3.63. The van der Waals surface area contributed by atoms with E-state index >= 15 is 0 Å². The highest BCUT2D eigenvalue weighted by Crippen LogP contribution is 2.36. The lowest BCUT2D eigenvalue weighted by Gasteiger charge is -2.31. The third-order valence-electron chi connectivity index (χ3n) is 2.59. The van der Waals surface area contributed by atoms with Gasteiger partial charge in [-0.05, 0) is 12.8 Å². The summed E-state index contributed by atoms with van der Waals surface area (Å²) in [6.07, 6.45) is 8.86. The van der Waals surface area contributed by atoms with Crippen molar-refractivity contribution < 1.29 is 4.79 Å². The summed E-state index contributed by atoms with van der Waals surface area (Å²) >= 11 is 0. The Labute approximate surface area is 82.3 Å². The van der Waals surface area contributed by atoms with Crippen LogP contribution in [0.3, 0.4) is 0 Å². The van der Waals surface area contributed by atoms with E-state index in [9.17, 15) is 4.79 Å². The summed E-state index contributed by atoms with van der Waals surface area (Å²) in [7, 11) is 0. The Bertz CT molecular complexity index is 396. The summed E-state index contributed by atoms with van der Waals surface area (Å²) in [6, 6.07) is 0.330. The standard InChI is InChI=1S/C10H11N3O/c1-3-8-4-9(5-8)13-6-10(7(2)14)11-12-13/h1,6,8-9H,4-5H2,2H3. The first-order valence-corrected chi connectivity index (χ1v) is 4.59. The summed E-state index contributed by atoms with van der Waals surface area (Å²) in [5, 5.41) is 7.69. The summed E-state index contributed by atoms with van der Waals surface area (Å²) in [5.41, 5.74) is 0.425. The lowest BCUT2D eigenvalue weighted by molar-refractivity contribution is 0.101. The Morgan fingerprint density at radius 1 is 1.71 bits per heavy atom. The third-order valence-corrected chi connectivity index (χ3v) is 2.59. The van der Waals surface area contributed by atoms with E-state index in [-0.39, 0.29) is 5.78 Å². The van der Waals surface area contributed by atoms with Gasteiger partial charge in [-0.1, -0.05) is 5.21 Å². The van der Waals surface area contributed by atoms with Gasteiger partial charge in [0, 0.05) is 12.8 Å². The van der Waals surface area contributed by atoms with Crippen molar-refractivity contribution in [2.24, 2.45) is 5.92 Å². The van der Waals surface area contributed by atoms with Crippen LogP contribution in [-0.4, -0.2) is 20.8 Å². The maximum Gasteiger partial charge on any atom is 0.181 e. The van der Waals surface area contributed by atoms with Crippen molar-refractivity contribution in [2.75, 3.05) is 0 Å². The van der Waals surface area contributed by atoms with E-state index in [0.717, 1.165) is 12.8 Å². The molecule has 14 heavy (non-hydrogen) atoms. The molecule has 4 heteroatoms. The first-order valence-electron chi connectivity index (χ1n) is 4.59. The molecule has 0 N–H and O–H groups in total. The molecule has 0 aromatic carbocycles. The largest absolute Gasteiger partial charge is 0.293 e. The Kier molecular flexibility index (Phi) is 2.08. The van der Waals surface area contributed by atoms with Crippen molar-refractivity contribution in [1.29, 1.82) is 0 Å². The molecule has 1 aromatic heterocycles. The van der Waals surface area contributed by atoms with E-state index in [1.54, 1.807) is 10.9 Å². The number of rotatable bonds is 2. The van der Waals surface area contributed by atoms with Crippen LogP contribution in [0.1, 0.15) is 36.3 Å². The Balaban J connectivity index is 2.05. The molecule has 1 aromatic rings. The molecule has 1 heterocycles.